The molecule has 3 aromatic rings. The maximum absolute atomic E-state index is 5.78. The van der Waals surface area contributed by atoms with Gasteiger partial charge < -0.3 is 9.15 Å². The Labute approximate surface area is 117 Å². The second-order valence-electron chi connectivity index (χ2n) is 4.51. The molecule has 0 unspecified atom stereocenters. The first-order valence-corrected chi connectivity index (χ1v) is 6.45. The smallest absolute Gasteiger partial charge is 0.192 e. The van der Waals surface area contributed by atoms with E-state index in [-0.39, 0.29) is 0 Å². The molecule has 1 aromatic heterocycles. The number of oxazole rings is 1. The lowest BCUT2D eigenvalue weighted by Crippen LogP contribution is -1.84. The molecule has 0 saturated carbocycles. The van der Waals surface area contributed by atoms with Crippen molar-refractivity contribution in [2.24, 2.45) is 0 Å². The SMILES string of the molecule is COc1ccc(-c2oc(C)nc2-c2ccccc2)cc1. The molecule has 0 atom stereocenters. The number of nitrogens with zero attached hydrogens (tertiary/aromatic N) is 1. The first-order chi connectivity index (χ1) is 9.78. The van der Waals surface area contributed by atoms with E-state index in [1.54, 1.807) is 7.11 Å². The summed E-state index contributed by atoms with van der Waals surface area (Å²) in [4.78, 5) is 4.50. The summed E-state index contributed by atoms with van der Waals surface area (Å²) in [7, 11) is 1.66. The zero-order valence-electron chi connectivity index (χ0n) is 11.5. The average Bonchev–Trinajstić information content (AvgIpc) is 2.90. The van der Waals surface area contributed by atoms with Gasteiger partial charge in [-0.1, -0.05) is 30.3 Å². The molecule has 100 valence electrons. The van der Waals surface area contributed by atoms with Crippen LogP contribution in [0, 0.1) is 6.92 Å². The average molecular weight is 265 g/mol. The van der Waals surface area contributed by atoms with E-state index >= 15 is 0 Å². The van der Waals surface area contributed by atoms with E-state index < -0.39 is 0 Å². The Morgan fingerprint density at radius 1 is 0.900 bits per heavy atom. The molecule has 2 aromatic carbocycles. The molecule has 0 aliphatic carbocycles. The molecule has 0 aliphatic rings. The van der Waals surface area contributed by atoms with E-state index in [4.69, 9.17) is 9.15 Å². The summed E-state index contributed by atoms with van der Waals surface area (Å²) in [5, 5.41) is 0. The predicted octanol–water partition coefficient (Wildman–Crippen LogP) is 4.33. The summed E-state index contributed by atoms with van der Waals surface area (Å²) >= 11 is 0. The van der Waals surface area contributed by atoms with Crippen LogP contribution < -0.4 is 4.74 Å². The Morgan fingerprint density at radius 3 is 2.25 bits per heavy atom. The number of rotatable bonds is 3. The molecule has 0 fully saturated rings. The summed E-state index contributed by atoms with van der Waals surface area (Å²) in [6, 6.07) is 17.8. The van der Waals surface area contributed by atoms with Crippen LogP contribution in [0.5, 0.6) is 5.75 Å². The third-order valence-electron chi connectivity index (χ3n) is 3.13. The van der Waals surface area contributed by atoms with E-state index in [2.05, 4.69) is 4.98 Å². The molecule has 0 saturated heterocycles. The van der Waals surface area contributed by atoms with E-state index in [1.807, 2.05) is 61.5 Å². The number of methoxy groups -OCH3 is 1. The lowest BCUT2D eigenvalue weighted by atomic mass is 10.1. The second kappa shape index (κ2) is 5.21. The summed E-state index contributed by atoms with van der Waals surface area (Å²) in [6.07, 6.45) is 0. The fourth-order valence-corrected chi connectivity index (χ4v) is 2.16. The van der Waals surface area contributed by atoms with E-state index in [9.17, 15) is 0 Å². The molecule has 20 heavy (non-hydrogen) atoms. The van der Waals surface area contributed by atoms with Gasteiger partial charge >= 0.3 is 0 Å². The molecule has 1 heterocycles. The fourth-order valence-electron chi connectivity index (χ4n) is 2.16. The fraction of sp³-hybridized carbons (Fsp3) is 0.118. The van der Waals surface area contributed by atoms with E-state index in [1.165, 1.54) is 0 Å². The molecule has 0 bridgehead atoms. The molecule has 0 spiro atoms. The Bertz CT molecular complexity index is 700. The highest BCUT2D eigenvalue weighted by atomic mass is 16.5. The van der Waals surface area contributed by atoms with Gasteiger partial charge in [-0.15, -0.1) is 0 Å². The van der Waals surface area contributed by atoms with Crippen molar-refractivity contribution in [1.29, 1.82) is 0 Å². The summed E-state index contributed by atoms with van der Waals surface area (Å²) in [5.74, 6) is 2.28. The highest BCUT2D eigenvalue weighted by Crippen LogP contribution is 2.33. The monoisotopic (exact) mass is 265 g/mol. The normalized spacial score (nSPS) is 10.5. The van der Waals surface area contributed by atoms with Gasteiger partial charge in [0.25, 0.3) is 0 Å². The largest absolute Gasteiger partial charge is 0.497 e. The minimum atomic E-state index is 0.662. The minimum Gasteiger partial charge on any atom is -0.497 e. The van der Waals surface area contributed by atoms with E-state index in [0.29, 0.717) is 5.89 Å². The molecule has 0 N–H and O–H groups in total. The number of aromatic nitrogens is 1. The van der Waals surface area contributed by atoms with Crippen molar-refractivity contribution in [3.8, 4) is 28.3 Å². The molecular formula is C17H15NO2. The van der Waals surface area contributed by atoms with Gasteiger partial charge in [-0.2, -0.15) is 0 Å². The lowest BCUT2D eigenvalue weighted by Gasteiger charge is -2.03. The van der Waals surface area contributed by atoms with Crippen molar-refractivity contribution in [1.82, 2.24) is 4.98 Å². The van der Waals surface area contributed by atoms with Gasteiger partial charge in [0.15, 0.2) is 11.7 Å². The summed E-state index contributed by atoms with van der Waals surface area (Å²) in [5.41, 5.74) is 2.91. The highest BCUT2D eigenvalue weighted by molar-refractivity contribution is 5.77. The van der Waals surface area contributed by atoms with E-state index in [0.717, 1.165) is 28.3 Å². The lowest BCUT2D eigenvalue weighted by molar-refractivity contribution is 0.415. The first-order valence-electron chi connectivity index (χ1n) is 6.45. The van der Waals surface area contributed by atoms with Crippen LogP contribution >= 0.6 is 0 Å². The molecule has 3 heteroatoms. The number of hydrogen-bond acceptors (Lipinski definition) is 3. The van der Waals surface area contributed by atoms with Crippen LogP contribution in [0.1, 0.15) is 5.89 Å². The zero-order chi connectivity index (χ0) is 13.9. The Morgan fingerprint density at radius 2 is 1.60 bits per heavy atom. The maximum atomic E-state index is 5.78. The van der Waals surface area contributed by atoms with Gasteiger partial charge in [0.05, 0.1) is 7.11 Å². The van der Waals surface area contributed by atoms with Crippen LogP contribution in [0.2, 0.25) is 0 Å². The number of benzene rings is 2. The highest BCUT2D eigenvalue weighted by Gasteiger charge is 2.14. The van der Waals surface area contributed by atoms with Crippen LogP contribution in [0.4, 0.5) is 0 Å². The quantitative estimate of drug-likeness (QED) is 0.707. The summed E-state index contributed by atoms with van der Waals surface area (Å²) in [6.45, 7) is 1.86. The molecule has 0 amide bonds. The van der Waals surface area contributed by atoms with Crippen LogP contribution in [0.3, 0.4) is 0 Å². The third-order valence-corrected chi connectivity index (χ3v) is 3.13. The second-order valence-corrected chi connectivity index (χ2v) is 4.51. The molecule has 3 rings (SSSR count). The van der Waals surface area contributed by atoms with Crippen molar-refractivity contribution in [2.75, 3.05) is 7.11 Å². The minimum absolute atomic E-state index is 0.662. The van der Waals surface area contributed by atoms with Crippen LogP contribution in [-0.4, -0.2) is 12.1 Å². The van der Waals surface area contributed by atoms with Gasteiger partial charge in [-0.05, 0) is 24.3 Å². The van der Waals surface area contributed by atoms with Gasteiger partial charge in [-0.25, -0.2) is 4.98 Å². The Hall–Kier alpha value is -2.55. The molecule has 3 nitrogen and oxygen atoms in total. The molecular weight excluding hydrogens is 250 g/mol. The first kappa shape index (κ1) is 12.5. The van der Waals surface area contributed by atoms with Crippen LogP contribution in [-0.2, 0) is 0 Å². The van der Waals surface area contributed by atoms with Crippen LogP contribution in [0.25, 0.3) is 22.6 Å². The Balaban J connectivity index is 2.09. The number of ether oxygens (including phenoxy) is 1. The number of hydrogen-bond donors (Lipinski definition) is 0. The topological polar surface area (TPSA) is 35.3 Å². The maximum Gasteiger partial charge on any atom is 0.192 e. The predicted molar refractivity (Wildman–Crippen MR) is 78.7 cm³/mol. The van der Waals surface area contributed by atoms with Crippen molar-refractivity contribution in [2.45, 2.75) is 6.92 Å². The zero-order valence-corrected chi connectivity index (χ0v) is 11.5. The molecule has 0 aliphatic heterocycles. The van der Waals surface area contributed by atoms with Crippen molar-refractivity contribution in [3.63, 3.8) is 0 Å². The van der Waals surface area contributed by atoms with Crippen LogP contribution in [0.15, 0.2) is 59.0 Å². The number of aryl methyl sites for hydroxylation is 1. The Kier molecular flexibility index (Phi) is 3.25. The summed E-state index contributed by atoms with van der Waals surface area (Å²) < 4.78 is 11.0. The van der Waals surface area contributed by atoms with Gasteiger partial charge in [-0.3, -0.25) is 0 Å². The standard InChI is InChI=1S/C17H15NO2/c1-12-18-16(13-6-4-3-5-7-13)17(20-12)14-8-10-15(19-2)11-9-14/h3-11H,1-2H3. The van der Waals surface area contributed by atoms with Crippen molar-refractivity contribution in [3.05, 3.63) is 60.5 Å². The third kappa shape index (κ3) is 2.30. The van der Waals surface area contributed by atoms with Gasteiger partial charge in [0.1, 0.15) is 11.4 Å². The van der Waals surface area contributed by atoms with Crippen molar-refractivity contribution >= 4 is 0 Å². The van der Waals surface area contributed by atoms with Crippen molar-refractivity contribution < 1.29 is 9.15 Å². The van der Waals surface area contributed by atoms with Gasteiger partial charge in [0.2, 0.25) is 0 Å². The van der Waals surface area contributed by atoms with Gasteiger partial charge in [0, 0.05) is 18.1 Å². The molecule has 0 radical (unpaired) electrons.